The minimum atomic E-state index is 0. The average molecular weight is 396 g/mol. The lowest BCUT2D eigenvalue weighted by Crippen LogP contribution is -2.42. The van der Waals surface area contributed by atoms with Gasteiger partial charge in [0.05, 0.1) is 6.54 Å². The van der Waals surface area contributed by atoms with E-state index < -0.39 is 0 Å². The molecule has 0 bridgehead atoms. The van der Waals surface area contributed by atoms with Crippen molar-refractivity contribution in [1.29, 1.82) is 0 Å². The zero-order chi connectivity index (χ0) is 13.9. The molecule has 20 heavy (non-hydrogen) atoms. The zero-order valence-corrected chi connectivity index (χ0v) is 15.6. The average Bonchev–Trinajstić information content (AvgIpc) is 2.45. The molecular weight excluding hydrogens is 363 g/mol. The molecule has 1 unspecified atom stereocenters. The summed E-state index contributed by atoms with van der Waals surface area (Å²) in [5.74, 6) is 0.623. The third kappa shape index (κ3) is 8.29. The van der Waals surface area contributed by atoms with E-state index in [-0.39, 0.29) is 24.0 Å². The number of aliphatic imine (C=N–C) groups is 1. The van der Waals surface area contributed by atoms with Gasteiger partial charge >= 0.3 is 0 Å². The normalized spacial score (nSPS) is 20.5. The minimum absolute atomic E-state index is 0. The van der Waals surface area contributed by atoms with Gasteiger partial charge in [-0.3, -0.25) is 9.89 Å². The van der Waals surface area contributed by atoms with Crippen molar-refractivity contribution in [2.24, 2.45) is 10.7 Å². The number of piperidine rings is 1. The Balaban J connectivity index is 0.00000361. The molecule has 1 aliphatic heterocycles. The number of unbranched alkanes of at least 4 members (excludes halogenated alkanes) is 3. The summed E-state index contributed by atoms with van der Waals surface area (Å²) in [5, 5.41) is 3.22. The Morgan fingerprint density at radius 1 is 1.25 bits per heavy atom. The molecule has 1 atom stereocenters. The van der Waals surface area contributed by atoms with Gasteiger partial charge in [0.1, 0.15) is 0 Å². The topological polar surface area (TPSA) is 53.6 Å². The van der Waals surface area contributed by atoms with E-state index in [4.69, 9.17) is 5.73 Å². The molecule has 1 rings (SSSR count). The molecule has 0 saturated carbocycles. The van der Waals surface area contributed by atoms with Crippen LogP contribution in [-0.2, 0) is 0 Å². The van der Waals surface area contributed by atoms with Crippen LogP contribution in [0.2, 0.25) is 0 Å². The van der Waals surface area contributed by atoms with Crippen LogP contribution in [0.3, 0.4) is 0 Å². The van der Waals surface area contributed by atoms with Crippen LogP contribution in [0.15, 0.2) is 4.99 Å². The van der Waals surface area contributed by atoms with Gasteiger partial charge in [0.15, 0.2) is 5.96 Å². The maximum atomic E-state index is 5.91. The molecular formula is C15H33IN4. The van der Waals surface area contributed by atoms with Crippen LogP contribution >= 0.6 is 24.0 Å². The minimum Gasteiger partial charge on any atom is -0.370 e. The number of nitrogens with two attached hydrogens (primary N) is 1. The Labute approximate surface area is 142 Å². The lowest BCUT2D eigenvalue weighted by molar-refractivity contribution is 0.161. The van der Waals surface area contributed by atoms with Crippen LogP contribution in [0, 0.1) is 0 Å². The summed E-state index contributed by atoms with van der Waals surface area (Å²) >= 11 is 0. The lowest BCUT2D eigenvalue weighted by atomic mass is 10.0. The smallest absolute Gasteiger partial charge is 0.188 e. The molecule has 3 N–H and O–H groups in total. The van der Waals surface area contributed by atoms with Crippen molar-refractivity contribution in [3.8, 4) is 0 Å². The summed E-state index contributed by atoms with van der Waals surface area (Å²) in [4.78, 5) is 7.03. The van der Waals surface area contributed by atoms with E-state index in [0.717, 1.165) is 19.6 Å². The molecule has 1 aliphatic rings. The van der Waals surface area contributed by atoms with Gasteiger partial charge in [0.2, 0.25) is 0 Å². The first-order valence-corrected chi connectivity index (χ1v) is 8.05. The van der Waals surface area contributed by atoms with Crippen molar-refractivity contribution >= 4 is 29.9 Å². The SMILES string of the molecule is CCCCCCNC(N)=NCC1CCCCN1CC.I. The molecule has 0 aromatic rings. The van der Waals surface area contributed by atoms with E-state index in [2.05, 4.69) is 29.1 Å². The Morgan fingerprint density at radius 2 is 2.05 bits per heavy atom. The highest BCUT2D eigenvalue weighted by atomic mass is 127. The number of hydrogen-bond donors (Lipinski definition) is 2. The number of nitrogens with one attached hydrogen (secondary N) is 1. The number of guanidine groups is 1. The van der Waals surface area contributed by atoms with E-state index in [1.54, 1.807) is 0 Å². The monoisotopic (exact) mass is 396 g/mol. The fourth-order valence-electron chi connectivity index (χ4n) is 2.71. The predicted molar refractivity (Wildman–Crippen MR) is 98.9 cm³/mol. The number of nitrogens with zero attached hydrogens (tertiary/aromatic N) is 2. The molecule has 5 heteroatoms. The fourth-order valence-corrected chi connectivity index (χ4v) is 2.71. The summed E-state index contributed by atoms with van der Waals surface area (Å²) in [6.45, 7) is 8.62. The van der Waals surface area contributed by atoms with Gasteiger partial charge in [-0.2, -0.15) is 0 Å². The molecule has 1 fully saturated rings. The van der Waals surface area contributed by atoms with Crippen molar-refractivity contribution in [2.75, 3.05) is 26.2 Å². The first kappa shape index (κ1) is 20.0. The van der Waals surface area contributed by atoms with Crippen LogP contribution in [-0.4, -0.2) is 43.1 Å². The molecule has 0 radical (unpaired) electrons. The van der Waals surface area contributed by atoms with Crippen LogP contribution < -0.4 is 11.1 Å². The molecule has 120 valence electrons. The third-order valence-electron chi connectivity index (χ3n) is 3.96. The Morgan fingerprint density at radius 3 is 2.75 bits per heavy atom. The van der Waals surface area contributed by atoms with Gasteiger partial charge in [0, 0.05) is 12.6 Å². The molecule has 0 aromatic carbocycles. The predicted octanol–water partition coefficient (Wildman–Crippen LogP) is 2.96. The maximum Gasteiger partial charge on any atom is 0.188 e. The van der Waals surface area contributed by atoms with Crippen molar-refractivity contribution in [3.05, 3.63) is 0 Å². The zero-order valence-electron chi connectivity index (χ0n) is 13.2. The highest BCUT2D eigenvalue weighted by Crippen LogP contribution is 2.16. The first-order chi connectivity index (χ1) is 9.27. The van der Waals surface area contributed by atoms with Gasteiger partial charge in [-0.1, -0.05) is 39.5 Å². The molecule has 0 spiro atoms. The van der Waals surface area contributed by atoms with E-state index in [1.165, 1.54) is 51.5 Å². The fraction of sp³-hybridized carbons (Fsp3) is 0.933. The van der Waals surface area contributed by atoms with Crippen molar-refractivity contribution in [1.82, 2.24) is 10.2 Å². The van der Waals surface area contributed by atoms with Crippen molar-refractivity contribution in [2.45, 2.75) is 64.8 Å². The highest BCUT2D eigenvalue weighted by Gasteiger charge is 2.20. The van der Waals surface area contributed by atoms with Crippen LogP contribution in [0.4, 0.5) is 0 Å². The summed E-state index contributed by atoms with van der Waals surface area (Å²) in [6.07, 6.45) is 8.99. The van der Waals surface area contributed by atoms with Crippen LogP contribution in [0.5, 0.6) is 0 Å². The van der Waals surface area contributed by atoms with E-state index in [1.807, 2.05) is 0 Å². The van der Waals surface area contributed by atoms with Gasteiger partial charge in [0.25, 0.3) is 0 Å². The second-order valence-electron chi connectivity index (χ2n) is 5.49. The van der Waals surface area contributed by atoms with E-state index in [9.17, 15) is 0 Å². The summed E-state index contributed by atoms with van der Waals surface area (Å²) in [6, 6.07) is 0.596. The van der Waals surface area contributed by atoms with Gasteiger partial charge < -0.3 is 11.1 Å². The number of hydrogen-bond acceptors (Lipinski definition) is 2. The molecule has 0 aliphatic carbocycles. The summed E-state index contributed by atoms with van der Waals surface area (Å²) in [5.41, 5.74) is 5.91. The van der Waals surface area contributed by atoms with Gasteiger partial charge in [-0.05, 0) is 32.4 Å². The third-order valence-corrected chi connectivity index (χ3v) is 3.96. The molecule has 0 amide bonds. The largest absolute Gasteiger partial charge is 0.370 e. The Kier molecular flexibility index (Phi) is 12.7. The second-order valence-corrected chi connectivity index (χ2v) is 5.49. The molecule has 1 saturated heterocycles. The van der Waals surface area contributed by atoms with Crippen LogP contribution in [0.1, 0.15) is 58.8 Å². The standard InChI is InChI=1S/C15H32N4.HI/c1-3-5-6-8-11-17-15(16)18-13-14-10-7-9-12-19(14)4-2;/h14H,3-13H2,1-2H3,(H3,16,17,18);1H. The molecule has 4 nitrogen and oxygen atoms in total. The van der Waals surface area contributed by atoms with Crippen molar-refractivity contribution in [3.63, 3.8) is 0 Å². The maximum absolute atomic E-state index is 5.91. The Bertz CT molecular complexity index is 258. The van der Waals surface area contributed by atoms with Crippen LogP contribution in [0.25, 0.3) is 0 Å². The number of rotatable bonds is 8. The number of likely N-dealkylation sites (N-methyl/N-ethyl adjacent to an activating group) is 1. The molecule has 0 aromatic heterocycles. The lowest BCUT2D eigenvalue weighted by Gasteiger charge is -2.33. The second kappa shape index (κ2) is 12.7. The van der Waals surface area contributed by atoms with Gasteiger partial charge in [-0.25, -0.2) is 0 Å². The highest BCUT2D eigenvalue weighted by molar-refractivity contribution is 14.0. The Hall–Kier alpha value is -0.0400. The van der Waals surface area contributed by atoms with E-state index >= 15 is 0 Å². The van der Waals surface area contributed by atoms with E-state index in [0.29, 0.717) is 12.0 Å². The quantitative estimate of drug-likeness (QED) is 0.287. The summed E-state index contributed by atoms with van der Waals surface area (Å²) < 4.78 is 0. The van der Waals surface area contributed by atoms with Gasteiger partial charge in [-0.15, -0.1) is 24.0 Å². The first-order valence-electron chi connectivity index (χ1n) is 8.05. The van der Waals surface area contributed by atoms with Crippen molar-refractivity contribution < 1.29 is 0 Å². The number of halogens is 1. The number of likely N-dealkylation sites (tertiary alicyclic amines) is 1. The molecule has 1 heterocycles. The summed E-state index contributed by atoms with van der Waals surface area (Å²) in [7, 11) is 0.